The van der Waals surface area contributed by atoms with Crippen molar-refractivity contribution in [1.82, 2.24) is 5.32 Å². The van der Waals surface area contributed by atoms with E-state index in [9.17, 15) is 19.5 Å². The molecule has 0 aliphatic heterocycles. The van der Waals surface area contributed by atoms with Gasteiger partial charge in [0.05, 0.1) is 24.6 Å². The van der Waals surface area contributed by atoms with Crippen LogP contribution >= 0.6 is 0 Å². The molecular formula is C39H46N4O6. The van der Waals surface area contributed by atoms with Gasteiger partial charge in [0.25, 0.3) is 11.8 Å². The maximum Gasteiger partial charge on any atom is 0.255 e. The molecule has 1 aliphatic rings. The van der Waals surface area contributed by atoms with Crippen LogP contribution < -0.4 is 31.2 Å². The second-order valence-electron chi connectivity index (χ2n) is 12.5. The normalized spacial score (nSPS) is 13.1. The van der Waals surface area contributed by atoms with Gasteiger partial charge in [-0.15, -0.1) is 0 Å². The van der Waals surface area contributed by atoms with Crippen LogP contribution in [-0.4, -0.2) is 55.7 Å². The number of aliphatic hydroxyl groups excluding tert-OH is 1. The lowest BCUT2D eigenvalue weighted by molar-refractivity contribution is -0.116. The molecule has 0 radical (unpaired) electrons. The fourth-order valence-electron chi connectivity index (χ4n) is 6.02. The molecule has 0 aromatic heterocycles. The summed E-state index contributed by atoms with van der Waals surface area (Å²) in [7, 11) is 0. The van der Waals surface area contributed by atoms with Gasteiger partial charge in [-0.25, -0.2) is 0 Å². The Bertz CT molecular complexity index is 1770. The molecular weight excluding hydrogens is 620 g/mol. The van der Waals surface area contributed by atoms with Gasteiger partial charge in [-0.2, -0.15) is 0 Å². The molecule has 4 aromatic carbocycles. The van der Waals surface area contributed by atoms with Crippen LogP contribution in [0.25, 0.3) is 10.8 Å². The van der Waals surface area contributed by atoms with Crippen molar-refractivity contribution >= 4 is 39.9 Å². The summed E-state index contributed by atoms with van der Waals surface area (Å²) >= 11 is 0. The number of nitrogens with one attached hydrogen (secondary N) is 3. The summed E-state index contributed by atoms with van der Waals surface area (Å²) in [4.78, 5) is 38.9. The standard InChI is InChI=1S/C39H46N4O6/c1-26-7-9-29-10-8-27(22-32(29)21-26)16-18-41-38(46)30-11-14-34(36(23-30)49-25-28-5-3-2-4-6-28)43-39(47)31-12-13-33(42-37(45)15-17-40)35(24-31)48-20-19-44/h7-14,21-24,28,44H,2-6,15-20,25,40H2,1H3,(H,41,46)(H,42,45)(H,43,47). The second-order valence-corrected chi connectivity index (χ2v) is 12.5. The van der Waals surface area contributed by atoms with Gasteiger partial charge in [-0.1, -0.05) is 61.2 Å². The molecule has 0 heterocycles. The van der Waals surface area contributed by atoms with Gasteiger partial charge >= 0.3 is 0 Å². The van der Waals surface area contributed by atoms with Crippen molar-refractivity contribution in [1.29, 1.82) is 0 Å². The molecule has 0 spiro atoms. The Morgan fingerprint density at radius 1 is 0.796 bits per heavy atom. The minimum absolute atomic E-state index is 0.0184. The monoisotopic (exact) mass is 666 g/mol. The number of carbonyl (C=O) groups is 3. The Morgan fingerprint density at radius 3 is 2.22 bits per heavy atom. The number of fused-ring (bicyclic) bond motifs is 1. The quantitative estimate of drug-likeness (QED) is 0.105. The summed E-state index contributed by atoms with van der Waals surface area (Å²) in [5.74, 6) is 0.120. The summed E-state index contributed by atoms with van der Waals surface area (Å²) in [5.41, 5.74) is 9.35. The molecule has 258 valence electrons. The van der Waals surface area contributed by atoms with Gasteiger partial charge < -0.3 is 36.3 Å². The third-order valence-corrected chi connectivity index (χ3v) is 8.69. The van der Waals surface area contributed by atoms with Gasteiger partial charge in [0, 0.05) is 30.6 Å². The first kappa shape index (κ1) is 35.4. The van der Waals surface area contributed by atoms with Crippen LogP contribution in [0.1, 0.15) is 70.4 Å². The van der Waals surface area contributed by atoms with Crippen LogP contribution in [0.15, 0.2) is 72.8 Å². The number of amides is 3. The Morgan fingerprint density at radius 2 is 1.49 bits per heavy atom. The van der Waals surface area contributed by atoms with E-state index in [-0.39, 0.29) is 49.3 Å². The zero-order valence-corrected chi connectivity index (χ0v) is 28.1. The fourth-order valence-corrected chi connectivity index (χ4v) is 6.02. The largest absolute Gasteiger partial charge is 0.491 e. The number of hydrogen-bond donors (Lipinski definition) is 5. The molecule has 10 nitrogen and oxygen atoms in total. The van der Waals surface area contributed by atoms with Crippen molar-refractivity contribution in [3.8, 4) is 11.5 Å². The highest BCUT2D eigenvalue weighted by Crippen LogP contribution is 2.31. The predicted octanol–water partition coefficient (Wildman–Crippen LogP) is 5.99. The van der Waals surface area contributed by atoms with E-state index in [0.717, 1.165) is 18.4 Å². The molecule has 0 saturated heterocycles. The third-order valence-electron chi connectivity index (χ3n) is 8.69. The Labute approximate surface area is 287 Å². The van der Waals surface area contributed by atoms with Gasteiger partial charge in [0.2, 0.25) is 5.91 Å². The highest BCUT2D eigenvalue weighted by atomic mass is 16.5. The second kappa shape index (κ2) is 17.5. The van der Waals surface area contributed by atoms with E-state index in [1.54, 1.807) is 30.3 Å². The Balaban J connectivity index is 1.29. The molecule has 5 rings (SSSR count). The van der Waals surface area contributed by atoms with Gasteiger partial charge in [0.15, 0.2) is 0 Å². The number of nitrogens with two attached hydrogens (primary N) is 1. The minimum Gasteiger partial charge on any atom is -0.491 e. The first-order chi connectivity index (χ1) is 23.8. The molecule has 0 unspecified atom stereocenters. The first-order valence-electron chi connectivity index (χ1n) is 17.1. The van der Waals surface area contributed by atoms with Crippen LogP contribution in [0.5, 0.6) is 11.5 Å². The SMILES string of the molecule is Cc1ccc2ccc(CCNC(=O)c3ccc(NC(=O)c4ccc(NC(=O)CCN)c(OCCO)c4)c(OCC4CCCCC4)c3)cc2c1. The number of aliphatic hydroxyl groups is 1. The number of carbonyl (C=O) groups excluding carboxylic acids is 3. The molecule has 0 bridgehead atoms. The molecule has 1 aliphatic carbocycles. The summed E-state index contributed by atoms with van der Waals surface area (Å²) < 4.78 is 11.9. The van der Waals surface area contributed by atoms with E-state index in [1.165, 1.54) is 41.7 Å². The van der Waals surface area contributed by atoms with E-state index < -0.39 is 5.91 Å². The molecule has 6 N–H and O–H groups in total. The summed E-state index contributed by atoms with van der Waals surface area (Å²) in [6.07, 6.45) is 6.55. The highest BCUT2D eigenvalue weighted by molar-refractivity contribution is 6.06. The lowest BCUT2D eigenvalue weighted by Crippen LogP contribution is -2.26. The van der Waals surface area contributed by atoms with E-state index in [4.69, 9.17) is 15.2 Å². The number of ether oxygens (including phenoxy) is 2. The zero-order chi connectivity index (χ0) is 34.6. The predicted molar refractivity (Wildman–Crippen MR) is 193 cm³/mol. The van der Waals surface area contributed by atoms with Crippen molar-refractivity contribution in [2.45, 2.75) is 51.9 Å². The summed E-state index contributed by atoms with van der Waals surface area (Å²) in [6, 6.07) is 22.4. The molecule has 1 saturated carbocycles. The average molecular weight is 667 g/mol. The van der Waals surface area contributed by atoms with E-state index in [2.05, 4.69) is 59.3 Å². The van der Waals surface area contributed by atoms with Crippen LogP contribution in [0.4, 0.5) is 11.4 Å². The molecule has 3 amide bonds. The highest BCUT2D eigenvalue weighted by Gasteiger charge is 2.19. The maximum absolute atomic E-state index is 13.5. The van der Waals surface area contributed by atoms with Crippen molar-refractivity contribution < 1.29 is 29.0 Å². The van der Waals surface area contributed by atoms with Crippen molar-refractivity contribution in [2.24, 2.45) is 11.7 Å². The van der Waals surface area contributed by atoms with Crippen LogP contribution in [0, 0.1) is 12.8 Å². The smallest absolute Gasteiger partial charge is 0.255 e. The molecule has 4 aromatic rings. The number of rotatable bonds is 15. The lowest BCUT2D eigenvalue weighted by atomic mass is 9.90. The number of hydrogen-bond acceptors (Lipinski definition) is 7. The fraction of sp³-hybridized carbons (Fsp3) is 0.359. The maximum atomic E-state index is 13.5. The van der Waals surface area contributed by atoms with Crippen molar-refractivity contribution in [3.05, 3.63) is 95.1 Å². The van der Waals surface area contributed by atoms with Gasteiger partial charge in [0.1, 0.15) is 18.1 Å². The Kier molecular flexibility index (Phi) is 12.6. The van der Waals surface area contributed by atoms with Crippen molar-refractivity contribution in [2.75, 3.05) is 43.5 Å². The molecule has 1 fully saturated rings. The van der Waals surface area contributed by atoms with E-state index >= 15 is 0 Å². The van der Waals surface area contributed by atoms with Crippen LogP contribution in [0.2, 0.25) is 0 Å². The van der Waals surface area contributed by atoms with Crippen LogP contribution in [0.3, 0.4) is 0 Å². The summed E-state index contributed by atoms with van der Waals surface area (Å²) in [5, 5.41) is 20.3. The van der Waals surface area contributed by atoms with Crippen LogP contribution in [-0.2, 0) is 11.2 Å². The molecule has 49 heavy (non-hydrogen) atoms. The molecule has 0 atom stereocenters. The topological polar surface area (TPSA) is 152 Å². The molecule has 10 heteroatoms. The average Bonchev–Trinajstić information content (AvgIpc) is 3.11. The van der Waals surface area contributed by atoms with Gasteiger partial charge in [-0.05, 0) is 84.8 Å². The number of benzene rings is 4. The lowest BCUT2D eigenvalue weighted by Gasteiger charge is -2.23. The van der Waals surface area contributed by atoms with E-state index in [0.29, 0.717) is 48.2 Å². The Hall–Kier alpha value is -4.93. The minimum atomic E-state index is -0.432. The number of anilines is 2. The third kappa shape index (κ3) is 10.0. The van der Waals surface area contributed by atoms with E-state index in [1.807, 2.05) is 0 Å². The zero-order valence-electron chi connectivity index (χ0n) is 28.1. The summed E-state index contributed by atoms with van der Waals surface area (Å²) in [6.45, 7) is 2.97. The van der Waals surface area contributed by atoms with Gasteiger partial charge in [-0.3, -0.25) is 14.4 Å². The first-order valence-corrected chi connectivity index (χ1v) is 17.1. The number of aryl methyl sites for hydroxylation is 1. The van der Waals surface area contributed by atoms with Crippen molar-refractivity contribution in [3.63, 3.8) is 0 Å².